The smallest absolute Gasteiger partial charge is 0.146 e. The van der Waals surface area contributed by atoms with Gasteiger partial charge in [0.2, 0.25) is 0 Å². The summed E-state index contributed by atoms with van der Waals surface area (Å²) in [5.74, 6) is 0.487. The van der Waals surface area contributed by atoms with E-state index in [2.05, 4.69) is 17.2 Å². The Labute approximate surface area is 118 Å². The summed E-state index contributed by atoms with van der Waals surface area (Å²) in [7, 11) is 1.63. The molecule has 0 bridgehead atoms. The molecule has 20 heavy (non-hydrogen) atoms. The first-order valence-electron chi connectivity index (χ1n) is 6.74. The maximum atomic E-state index is 14.0. The molecule has 2 rings (SSSR count). The molecule has 0 saturated carbocycles. The van der Waals surface area contributed by atoms with E-state index in [9.17, 15) is 4.39 Å². The molecule has 1 aromatic carbocycles. The molecule has 0 aliphatic rings. The molecule has 106 valence electrons. The van der Waals surface area contributed by atoms with Crippen molar-refractivity contribution < 1.29 is 9.13 Å². The zero-order valence-electron chi connectivity index (χ0n) is 11.8. The van der Waals surface area contributed by atoms with Gasteiger partial charge in [0.25, 0.3) is 0 Å². The number of methoxy groups -OCH3 is 1. The highest BCUT2D eigenvalue weighted by Gasteiger charge is 2.18. The summed E-state index contributed by atoms with van der Waals surface area (Å²) in [6, 6.07) is 10.4. The number of aromatic nitrogens is 1. The van der Waals surface area contributed by atoms with Crippen molar-refractivity contribution in [2.45, 2.75) is 19.4 Å². The van der Waals surface area contributed by atoms with Crippen LogP contribution in [0.25, 0.3) is 0 Å². The molecule has 4 heteroatoms. The van der Waals surface area contributed by atoms with Crippen LogP contribution in [0.15, 0.2) is 42.6 Å². The Morgan fingerprint density at radius 2 is 2.00 bits per heavy atom. The zero-order valence-corrected chi connectivity index (χ0v) is 11.8. The Morgan fingerprint density at radius 3 is 2.60 bits per heavy atom. The fourth-order valence-electron chi connectivity index (χ4n) is 2.07. The molecule has 0 fully saturated rings. The van der Waals surface area contributed by atoms with Gasteiger partial charge < -0.3 is 10.1 Å². The molecule has 0 spiro atoms. The van der Waals surface area contributed by atoms with Crippen molar-refractivity contribution >= 4 is 0 Å². The second kappa shape index (κ2) is 7.01. The van der Waals surface area contributed by atoms with Crippen molar-refractivity contribution in [1.29, 1.82) is 0 Å². The number of halogens is 1. The van der Waals surface area contributed by atoms with Gasteiger partial charge in [0.1, 0.15) is 11.6 Å². The Hall–Kier alpha value is -1.94. The minimum Gasteiger partial charge on any atom is -0.497 e. The molecule has 0 amide bonds. The zero-order chi connectivity index (χ0) is 14.4. The van der Waals surface area contributed by atoms with Crippen LogP contribution in [0.1, 0.15) is 30.6 Å². The number of hydrogen-bond donors (Lipinski definition) is 1. The average molecular weight is 274 g/mol. The van der Waals surface area contributed by atoms with Crippen LogP contribution in [-0.2, 0) is 0 Å². The van der Waals surface area contributed by atoms with Crippen LogP contribution in [0.4, 0.5) is 4.39 Å². The maximum Gasteiger partial charge on any atom is 0.146 e. The molecule has 0 saturated heterocycles. The standard InChI is InChI=1S/C16H19FN2O/c1-3-10-18-15(16-14(17)5-4-11-19-16)12-6-8-13(20-2)9-7-12/h4-9,11,15,18H,3,10H2,1-2H3. The largest absolute Gasteiger partial charge is 0.497 e. The van der Waals surface area contributed by atoms with Crippen LogP contribution >= 0.6 is 0 Å². The summed E-state index contributed by atoms with van der Waals surface area (Å²) in [5.41, 5.74) is 1.39. The van der Waals surface area contributed by atoms with E-state index in [0.29, 0.717) is 5.69 Å². The van der Waals surface area contributed by atoms with Crippen molar-refractivity contribution in [2.24, 2.45) is 0 Å². The van der Waals surface area contributed by atoms with Crippen LogP contribution < -0.4 is 10.1 Å². The molecule has 1 N–H and O–H groups in total. The monoisotopic (exact) mass is 274 g/mol. The fraction of sp³-hybridized carbons (Fsp3) is 0.312. The number of ether oxygens (including phenoxy) is 1. The first kappa shape index (κ1) is 14.5. The highest BCUT2D eigenvalue weighted by molar-refractivity contribution is 5.33. The lowest BCUT2D eigenvalue weighted by molar-refractivity contribution is 0.414. The molecular formula is C16H19FN2O. The van der Waals surface area contributed by atoms with E-state index < -0.39 is 0 Å². The third-order valence-electron chi connectivity index (χ3n) is 3.11. The lowest BCUT2D eigenvalue weighted by atomic mass is 10.0. The van der Waals surface area contributed by atoms with Gasteiger partial charge >= 0.3 is 0 Å². The Balaban J connectivity index is 2.33. The minimum atomic E-state index is -0.295. The van der Waals surface area contributed by atoms with Gasteiger partial charge in [0, 0.05) is 6.20 Å². The molecule has 0 aliphatic heterocycles. The summed E-state index contributed by atoms with van der Waals surface area (Å²) >= 11 is 0. The van der Waals surface area contributed by atoms with E-state index in [0.717, 1.165) is 24.3 Å². The van der Waals surface area contributed by atoms with Gasteiger partial charge in [-0.05, 0) is 42.8 Å². The summed E-state index contributed by atoms with van der Waals surface area (Å²) in [4.78, 5) is 4.18. The van der Waals surface area contributed by atoms with E-state index >= 15 is 0 Å². The van der Waals surface area contributed by atoms with Crippen LogP contribution in [0.2, 0.25) is 0 Å². The minimum absolute atomic E-state index is 0.248. The molecule has 1 heterocycles. The molecular weight excluding hydrogens is 255 g/mol. The highest BCUT2D eigenvalue weighted by Crippen LogP contribution is 2.24. The van der Waals surface area contributed by atoms with E-state index in [1.807, 2.05) is 24.3 Å². The van der Waals surface area contributed by atoms with Crippen molar-refractivity contribution in [1.82, 2.24) is 10.3 Å². The third-order valence-corrected chi connectivity index (χ3v) is 3.11. The van der Waals surface area contributed by atoms with Gasteiger partial charge in [0.05, 0.1) is 18.8 Å². The Bertz CT molecular complexity index is 542. The highest BCUT2D eigenvalue weighted by atomic mass is 19.1. The second-order valence-corrected chi connectivity index (χ2v) is 4.53. The molecule has 3 nitrogen and oxygen atoms in total. The van der Waals surface area contributed by atoms with Crippen molar-refractivity contribution in [2.75, 3.05) is 13.7 Å². The Morgan fingerprint density at radius 1 is 1.25 bits per heavy atom. The van der Waals surface area contributed by atoms with Gasteiger partial charge in [-0.25, -0.2) is 4.39 Å². The van der Waals surface area contributed by atoms with E-state index in [1.54, 1.807) is 19.4 Å². The van der Waals surface area contributed by atoms with Gasteiger partial charge in [-0.15, -0.1) is 0 Å². The summed E-state index contributed by atoms with van der Waals surface area (Å²) in [5, 5.41) is 3.34. The van der Waals surface area contributed by atoms with Gasteiger partial charge in [-0.3, -0.25) is 4.98 Å². The number of hydrogen-bond acceptors (Lipinski definition) is 3. The first-order valence-corrected chi connectivity index (χ1v) is 6.74. The lowest BCUT2D eigenvalue weighted by Gasteiger charge is -2.19. The normalized spacial score (nSPS) is 12.2. The number of rotatable bonds is 6. The van der Waals surface area contributed by atoms with Crippen LogP contribution in [-0.4, -0.2) is 18.6 Å². The van der Waals surface area contributed by atoms with Gasteiger partial charge in [-0.1, -0.05) is 19.1 Å². The molecule has 1 atom stereocenters. The Kier molecular flexibility index (Phi) is 5.07. The average Bonchev–Trinajstić information content (AvgIpc) is 2.50. The molecule has 0 radical (unpaired) electrons. The number of nitrogens with one attached hydrogen (secondary N) is 1. The molecule has 1 aromatic heterocycles. The third kappa shape index (κ3) is 3.33. The second-order valence-electron chi connectivity index (χ2n) is 4.53. The quantitative estimate of drug-likeness (QED) is 0.877. The van der Waals surface area contributed by atoms with E-state index in [-0.39, 0.29) is 11.9 Å². The summed E-state index contributed by atoms with van der Waals surface area (Å²) in [6.07, 6.45) is 2.59. The van der Waals surface area contributed by atoms with E-state index in [1.165, 1.54) is 6.07 Å². The molecule has 1 unspecified atom stereocenters. The topological polar surface area (TPSA) is 34.1 Å². The predicted octanol–water partition coefficient (Wildman–Crippen LogP) is 3.32. The van der Waals surface area contributed by atoms with Crippen molar-refractivity contribution in [3.8, 4) is 5.75 Å². The van der Waals surface area contributed by atoms with Gasteiger partial charge in [0.15, 0.2) is 0 Å². The summed E-state index contributed by atoms with van der Waals surface area (Å²) in [6.45, 7) is 2.87. The van der Waals surface area contributed by atoms with E-state index in [4.69, 9.17) is 4.74 Å². The first-order chi connectivity index (χ1) is 9.76. The molecule has 0 aliphatic carbocycles. The van der Waals surface area contributed by atoms with Crippen LogP contribution in [0.3, 0.4) is 0 Å². The van der Waals surface area contributed by atoms with Crippen LogP contribution in [0.5, 0.6) is 5.75 Å². The maximum absolute atomic E-state index is 14.0. The van der Waals surface area contributed by atoms with Crippen molar-refractivity contribution in [3.63, 3.8) is 0 Å². The van der Waals surface area contributed by atoms with Gasteiger partial charge in [-0.2, -0.15) is 0 Å². The SMILES string of the molecule is CCCNC(c1ccc(OC)cc1)c1ncccc1F. The number of benzene rings is 1. The van der Waals surface area contributed by atoms with Crippen molar-refractivity contribution in [3.05, 3.63) is 59.7 Å². The predicted molar refractivity (Wildman–Crippen MR) is 77.3 cm³/mol. The number of nitrogens with zero attached hydrogens (tertiary/aromatic N) is 1. The number of pyridine rings is 1. The van der Waals surface area contributed by atoms with Crippen LogP contribution in [0, 0.1) is 5.82 Å². The molecule has 2 aromatic rings. The fourth-order valence-corrected chi connectivity index (χ4v) is 2.07. The lowest BCUT2D eigenvalue weighted by Crippen LogP contribution is -2.25. The summed E-state index contributed by atoms with van der Waals surface area (Å²) < 4.78 is 19.1.